The van der Waals surface area contributed by atoms with Crippen LogP contribution < -0.4 is 5.32 Å². The Kier molecular flexibility index (Phi) is 2.44. The van der Waals surface area contributed by atoms with Crippen molar-refractivity contribution in [3.05, 3.63) is 30.0 Å². The maximum Gasteiger partial charge on any atom is 0.404 e. The number of phenols is 1. The lowest BCUT2D eigenvalue weighted by Gasteiger charge is -2.00. The third-order valence-electron chi connectivity index (χ3n) is 2.49. The summed E-state index contributed by atoms with van der Waals surface area (Å²) in [6.45, 7) is 0.232. The van der Waals surface area contributed by atoms with E-state index in [2.05, 4.69) is 5.32 Å². The molecule has 0 unspecified atom stereocenters. The first-order valence-electron chi connectivity index (χ1n) is 4.82. The van der Waals surface area contributed by atoms with Gasteiger partial charge in [0.25, 0.3) is 0 Å². The molecule has 0 atom stereocenters. The summed E-state index contributed by atoms with van der Waals surface area (Å²) in [7, 11) is 1.81. The number of aromatic nitrogens is 1. The summed E-state index contributed by atoms with van der Waals surface area (Å²) in [6, 6.07) is 5.20. The van der Waals surface area contributed by atoms with Gasteiger partial charge in [-0.05, 0) is 11.6 Å². The quantitative estimate of drug-likeness (QED) is 0.720. The average Bonchev–Trinajstić information content (AvgIpc) is 2.54. The molecule has 1 aromatic carbocycles. The number of rotatable bonds is 2. The van der Waals surface area contributed by atoms with E-state index in [1.165, 1.54) is 0 Å². The number of nitrogens with one attached hydrogen (secondary N) is 1. The second-order valence-corrected chi connectivity index (χ2v) is 3.60. The SMILES string of the molecule is Cn1cc(CNC(=O)O)c2cccc(O)c21. The minimum atomic E-state index is -1.06. The molecule has 84 valence electrons. The standard InChI is InChI=1S/C11H12N2O3/c1-13-6-7(5-12-11(15)16)8-3-2-4-9(14)10(8)13/h2-4,6,12,14H,5H2,1H3,(H,15,16). The normalized spacial score (nSPS) is 10.6. The number of phenolic OH excluding ortho intramolecular Hbond substituents is 1. The fourth-order valence-electron chi connectivity index (χ4n) is 1.84. The molecule has 2 rings (SSSR count). The van der Waals surface area contributed by atoms with E-state index in [9.17, 15) is 9.90 Å². The molecule has 0 saturated carbocycles. The number of hydrogen-bond donors (Lipinski definition) is 3. The topological polar surface area (TPSA) is 74.5 Å². The molecule has 5 heteroatoms. The number of benzene rings is 1. The fraction of sp³-hybridized carbons (Fsp3) is 0.182. The van der Waals surface area contributed by atoms with Crippen LogP contribution >= 0.6 is 0 Å². The first-order valence-corrected chi connectivity index (χ1v) is 4.82. The second-order valence-electron chi connectivity index (χ2n) is 3.60. The predicted molar refractivity (Wildman–Crippen MR) is 59.4 cm³/mol. The summed E-state index contributed by atoms with van der Waals surface area (Å²) in [5, 5.41) is 21.4. The highest BCUT2D eigenvalue weighted by Gasteiger charge is 2.09. The van der Waals surface area contributed by atoms with Crippen LogP contribution in [-0.4, -0.2) is 20.9 Å². The molecule has 3 N–H and O–H groups in total. The van der Waals surface area contributed by atoms with Gasteiger partial charge in [-0.15, -0.1) is 0 Å². The van der Waals surface area contributed by atoms with E-state index in [0.29, 0.717) is 5.52 Å². The van der Waals surface area contributed by atoms with Crippen molar-refractivity contribution in [1.82, 2.24) is 9.88 Å². The third kappa shape index (κ3) is 1.67. The van der Waals surface area contributed by atoms with Crippen LogP contribution in [0.1, 0.15) is 5.56 Å². The molecular formula is C11H12N2O3. The van der Waals surface area contributed by atoms with Gasteiger partial charge in [-0.2, -0.15) is 0 Å². The zero-order valence-corrected chi connectivity index (χ0v) is 8.77. The number of fused-ring (bicyclic) bond motifs is 1. The lowest BCUT2D eigenvalue weighted by molar-refractivity contribution is 0.194. The maximum atomic E-state index is 10.4. The fourth-order valence-corrected chi connectivity index (χ4v) is 1.84. The number of carboxylic acid groups (broad SMARTS) is 1. The summed E-state index contributed by atoms with van der Waals surface area (Å²) < 4.78 is 1.78. The van der Waals surface area contributed by atoms with Crippen LogP contribution in [0.25, 0.3) is 10.9 Å². The van der Waals surface area contributed by atoms with E-state index in [4.69, 9.17) is 5.11 Å². The van der Waals surface area contributed by atoms with Crippen LogP contribution in [0.5, 0.6) is 5.75 Å². The third-order valence-corrected chi connectivity index (χ3v) is 2.49. The Hall–Kier alpha value is -2.17. The minimum absolute atomic E-state index is 0.196. The molecule has 1 heterocycles. The molecule has 0 aliphatic heterocycles. The van der Waals surface area contributed by atoms with Gasteiger partial charge in [0.2, 0.25) is 0 Å². The van der Waals surface area contributed by atoms with Gasteiger partial charge in [0.05, 0.1) is 5.52 Å². The molecular weight excluding hydrogens is 208 g/mol. The van der Waals surface area contributed by atoms with E-state index in [1.54, 1.807) is 22.9 Å². The lowest BCUT2D eigenvalue weighted by Crippen LogP contribution is -2.19. The van der Waals surface area contributed by atoms with E-state index in [0.717, 1.165) is 10.9 Å². The Labute approximate surface area is 91.9 Å². The van der Waals surface area contributed by atoms with Gasteiger partial charge in [-0.3, -0.25) is 0 Å². The summed E-state index contributed by atoms with van der Waals surface area (Å²) in [6.07, 6.45) is 0.748. The van der Waals surface area contributed by atoms with Crippen molar-refractivity contribution in [1.29, 1.82) is 0 Å². The highest BCUT2D eigenvalue weighted by atomic mass is 16.4. The number of hydrogen-bond acceptors (Lipinski definition) is 2. The smallest absolute Gasteiger partial charge is 0.404 e. The van der Waals surface area contributed by atoms with Gasteiger partial charge in [-0.25, -0.2) is 4.79 Å². The Bertz CT molecular complexity index is 545. The van der Waals surface area contributed by atoms with Crippen LogP contribution in [0.3, 0.4) is 0 Å². The molecule has 16 heavy (non-hydrogen) atoms. The zero-order valence-electron chi connectivity index (χ0n) is 8.77. The number of amides is 1. The molecule has 0 aliphatic rings. The van der Waals surface area contributed by atoms with Crippen molar-refractivity contribution in [2.45, 2.75) is 6.54 Å². The van der Waals surface area contributed by atoms with Gasteiger partial charge < -0.3 is 20.1 Å². The first kappa shape index (κ1) is 10.4. The molecule has 1 aromatic heterocycles. The number of nitrogens with zero attached hydrogens (tertiary/aromatic N) is 1. The first-order chi connectivity index (χ1) is 7.59. The molecule has 2 aromatic rings. The Morgan fingerprint density at radius 3 is 2.94 bits per heavy atom. The van der Waals surface area contributed by atoms with Crippen molar-refractivity contribution in [2.75, 3.05) is 0 Å². The zero-order chi connectivity index (χ0) is 11.7. The summed E-state index contributed by atoms with van der Waals surface area (Å²) >= 11 is 0. The van der Waals surface area contributed by atoms with Gasteiger partial charge >= 0.3 is 6.09 Å². The van der Waals surface area contributed by atoms with E-state index in [-0.39, 0.29) is 12.3 Å². The van der Waals surface area contributed by atoms with Crippen molar-refractivity contribution in [2.24, 2.45) is 7.05 Å². The maximum absolute atomic E-state index is 10.4. The molecule has 0 spiro atoms. The van der Waals surface area contributed by atoms with Gasteiger partial charge in [0.15, 0.2) is 0 Å². The highest BCUT2D eigenvalue weighted by molar-refractivity contribution is 5.89. The summed E-state index contributed by atoms with van der Waals surface area (Å²) in [5.41, 5.74) is 1.56. The molecule has 1 amide bonds. The Morgan fingerprint density at radius 2 is 2.25 bits per heavy atom. The number of carbonyl (C=O) groups is 1. The van der Waals surface area contributed by atoms with Crippen LogP contribution in [0.15, 0.2) is 24.4 Å². The molecule has 0 radical (unpaired) electrons. The van der Waals surface area contributed by atoms with E-state index < -0.39 is 6.09 Å². The van der Waals surface area contributed by atoms with Gasteiger partial charge in [0, 0.05) is 25.2 Å². The van der Waals surface area contributed by atoms with Crippen molar-refractivity contribution >= 4 is 17.0 Å². The minimum Gasteiger partial charge on any atom is -0.506 e. The average molecular weight is 220 g/mol. The number of aryl methyl sites for hydroxylation is 1. The van der Waals surface area contributed by atoms with Crippen LogP contribution in [-0.2, 0) is 13.6 Å². The monoisotopic (exact) mass is 220 g/mol. The Balaban J connectivity index is 2.47. The van der Waals surface area contributed by atoms with Crippen LogP contribution in [0.2, 0.25) is 0 Å². The largest absolute Gasteiger partial charge is 0.506 e. The number of aromatic hydroxyl groups is 1. The molecule has 5 nitrogen and oxygen atoms in total. The van der Waals surface area contributed by atoms with Gasteiger partial charge in [-0.1, -0.05) is 12.1 Å². The van der Waals surface area contributed by atoms with Crippen molar-refractivity contribution < 1.29 is 15.0 Å². The molecule has 0 aliphatic carbocycles. The summed E-state index contributed by atoms with van der Waals surface area (Å²) in [4.78, 5) is 10.4. The molecule has 0 saturated heterocycles. The van der Waals surface area contributed by atoms with E-state index >= 15 is 0 Å². The van der Waals surface area contributed by atoms with Crippen molar-refractivity contribution in [3.8, 4) is 5.75 Å². The van der Waals surface area contributed by atoms with Crippen molar-refractivity contribution in [3.63, 3.8) is 0 Å². The Morgan fingerprint density at radius 1 is 1.50 bits per heavy atom. The highest BCUT2D eigenvalue weighted by Crippen LogP contribution is 2.27. The van der Waals surface area contributed by atoms with Gasteiger partial charge in [0.1, 0.15) is 5.75 Å². The van der Waals surface area contributed by atoms with Crippen LogP contribution in [0.4, 0.5) is 4.79 Å². The predicted octanol–water partition coefficient (Wildman–Crippen LogP) is 1.65. The number of para-hydroxylation sites is 1. The second kappa shape index (κ2) is 3.77. The van der Waals surface area contributed by atoms with E-state index in [1.807, 2.05) is 13.1 Å². The molecule has 0 fully saturated rings. The lowest BCUT2D eigenvalue weighted by atomic mass is 10.1. The molecule has 0 bridgehead atoms. The summed E-state index contributed by atoms with van der Waals surface area (Å²) in [5.74, 6) is 0.196. The van der Waals surface area contributed by atoms with Crippen LogP contribution in [0, 0.1) is 0 Å².